The van der Waals surface area contributed by atoms with Gasteiger partial charge in [0.2, 0.25) is 0 Å². The molecule has 1 aliphatic heterocycles. The highest BCUT2D eigenvalue weighted by atomic mass is 16.5. The largest absolute Gasteiger partial charge is 0.495 e. The van der Waals surface area contributed by atoms with Crippen LogP contribution in [-0.4, -0.2) is 43.5 Å². The second-order valence-electron chi connectivity index (χ2n) is 5.36. The Hall–Kier alpha value is -1.26. The fourth-order valence-electron chi connectivity index (χ4n) is 2.42. The van der Waals surface area contributed by atoms with Crippen molar-refractivity contribution >= 4 is 5.69 Å². The Morgan fingerprint density at radius 1 is 1.44 bits per heavy atom. The van der Waals surface area contributed by atoms with Crippen molar-refractivity contribution in [3.8, 4) is 5.75 Å². The molecule has 2 N–H and O–H groups in total. The number of piperazine rings is 1. The van der Waals surface area contributed by atoms with Crippen LogP contribution in [0.4, 0.5) is 5.69 Å². The Morgan fingerprint density at radius 3 is 2.83 bits per heavy atom. The lowest BCUT2D eigenvalue weighted by molar-refractivity contribution is 0.209. The van der Waals surface area contributed by atoms with Crippen molar-refractivity contribution in [2.24, 2.45) is 0 Å². The van der Waals surface area contributed by atoms with Crippen molar-refractivity contribution in [1.82, 2.24) is 5.32 Å². The van der Waals surface area contributed by atoms with Gasteiger partial charge in [0.1, 0.15) is 5.75 Å². The van der Waals surface area contributed by atoms with Gasteiger partial charge in [-0.3, -0.25) is 0 Å². The van der Waals surface area contributed by atoms with Gasteiger partial charge in [-0.2, -0.15) is 0 Å². The summed E-state index contributed by atoms with van der Waals surface area (Å²) in [5.74, 6) is 0.879. The third-order valence-electron chi connectivity index (χ3n) is 3.55. The van der Waals surface area contributed by atoms with E-state index in [1.54, 1.807) is 7.11 Å². The zero-order valence-corrected chi connectivity index (χ0v) is 11.3. The molecule has 4 nitrogen and oxygen atoms in total. The molecule has 1 heterocycles. The monoisotopic (exact) mass is 250 g/mol. The normalized spacial score (nSPS) is 22.9. The second-order valence-corrected chi connectivity index (χ2v) is 5.36. The fraction of sp³-hybridized carbons (Fsp3) is 0.571. The van der Waals surface area contributed by atoms with Gasteiger partial charge < -0.3 is 20.1 Å². The van der Waals surface area contributed by atoms with E-state index in [2.05, 4.69) is 30.1 Å². The zero-order valence-electron chi connectivity index (χ0n) is 11.3. The molecule has 1 fully saturated rings. The minimum Gasteiger partial charge on any atom is -0.495 e. The molecule has 0 radical (unpaired) electrons. The van der Waals surface area contributed by atoms with Gasteiger partial charge in [0.25, 0.3) is 0 Å². The highest BCUT2D eigenvalue weighted by molar-refractivity contribution is 5.60. The zero-order chi connectivity index (χ0) is 13.2. The summed E-state index contributed by atoms with van der Waals surface area (Å²) in [6, 6.07) is 8.15. The topological polar surface area (TPSA) is 44.7 Å². The predicted molar refractivity (Wildman–Crippen MR) is 73.3 cm³/mol. The number of nitrogens with zero attached hydrogens (tertiary/aromatic N) is 1. The summed E-state index contributed by atoms with van der Waals surface area (Å²) < 4.78 is 5.44. The van der Waals surface area contributed by atoms with E-state index in [0.29, 0.717) is 0 Å². The summed E-state index contributed by atoms with van der Waals surface area (Å²) in [6.07, 6.45) is 0. The summed E-state index contributed by atoms with van der Waals surface area (Å²) in [6.45, 7) is 6.17. The molecule has 1 aliphatic rings. The van der Waals surface area contributed by atoms with Crippen molar-refractivity contribution in [3.05, 3.63) is 24.3 Å². The predicted octanol–water partition coefficient (Wildman–Crippen LogP) is 1.24. The molecule has 1 aromatic rings. The van der Waals surface area contributed by atoms with E-state index in [0.717, 1.165) is 24.5 Å². The number of benzene rings is 1. The first-order chi connectivity index (χ1) is 8.58. The Labute approximate surface area is 109 Å². The van der Waals surface area contributed by atoms with Crippen LogP contribution < -0.4 is 15.0 Å². The average Bonchev–Trinajstić information content (AvgIpc) is 2.38. The highest BCUT2D eigenvalue weighted by Gasteiger charge is 2.34. The van der Waals surface area contributed by atoms with Gasteiger partial charge in [-0.05, 0) is 26.0 Å². The summed E-state index contributed by atoms with van der Waals surface area (Å²) in [5, 5.41) is 12.7. The molecule has 18 heavy (non-hydrogen) atoms. The molecule has 100 valence electrons. The summed E-state index contributed by atoms with van der Waals surface area (Å²) in [7, 11) is 1.69. The molecule has 1 aromatic carbocycles. The van der Waals surface area contributed by atoms with Crippen molar-refractivity contribution in [1.29, 1.82) is 0 Å². The van der Waals surface area contributed by atoms with Gasteiger partial charge in [-0.1, -0.05) is 12.1 Å². The molecule has 0 amide bonds. The Balaban J connectivity index is 2.33. The summed E-state index contributed by atoms with van der Waals surface area (Å²) >= 11 is 0. The van der Waals surface area contributed by atoms with Crippen LogP contribution in [0.5, 0.6) is 5.75 Å². The SMILES string of the molecule is COc1ccccc1N1CC(CO)NCC1(C)C. The molecular formula is C14H22N2O2. The van der Waals surface area contributed by atoms with E-state index in [4.69, 9.17) is 4.74 Å². The van der Waals surface area contributed by atoms with E-state index < -0.39 is 0 Å². The van der Waals surface area contributed by atoms with Crippen LogP contribution in [0.1, 0.15) is 13.8 Å². The number of anilines is 1. The second kappa shape index (κ2) is 5.16. The van der Waals surface area contributed by atoms with Crippen LogP contribution >= 0.6 is 0 Å². The van der Waals surface area contributed by atoms with Crippen LogP contribution in [-0.2, 0) is 0 Å². The van der Waals surface area contributed by atoms with Crippen LogP contribution in [0.2, 0.25) is 0 Å². The molecule has 2 rings (SSSR count). The number of methoxy groups -OCH3 is 1. The molecule has 0 bridgehead atoms. The molecule has 1 unspecified atom stereocenters. The standard InChI is InChI=1S/C14H22N2O2/c1-14(2)10-15-11(9-17)8-16(14)12-6-4-5-7-13(12)18-3/h4-7,11,15,17H,8-10H2,1-3H3. The Kier molecular flexibility index (Phi) is 3.78. The molecule has 1 atom stereocenters. The van der Waals surface area contributed by atoms with Crippen LogP contribution in [0.3, 0.4) is 0 Å². The van der Waals surface area contributed by atoms with Crippen LogP contribution in [0.25, 0.3) is 0 Å². The number of aliphatic hydroxyl groups is 1. The molecular weight excluding hydrogens is 228 g/mol. The first-order valence-electron chi connectivity index (χ1n) is 6.33. The van der Waals surface area contributed by atoms with E-state index in [-0.39, 0.29) is 18.2 Å². The summed E-state index contributed by atoms with van der Waals surface area (Å²) in [5.41, 5.74) is 1.09. The Bertz CT molecular complexity index is 407. The van der Waals surface area contributed by atoms with Crippen LogP contribution in [0, 0.1) is 0 Å². The smallest absolute Gasteiger partial charge is 0.142 e. The van der Waals surface area contributed by atoms with Crippen LogP contribution in [0.15, 0.2) is 24.3 Å². The lowest BCUT2D eigenvalue weighted by atomic mass is 9.96. The highest BCUT2D eigenvalue weighted by Crippen LogP contribution is 2.34. The number of hydrogen-bond acceptors (Lipinski definition) is 4. The minimum absolute atomic E-state index is 0.000301. The summed E-state index contributed by atoms with van der Waals surface area (Å²) in [4.78, 5) is 2.31. The number of nitrogens with one attached hydrogen (secondary N) is 1. The quantitative estimate of drug-likeness (QED) is 0.847. The van der Waals surface area contributed by atoms with Crippen molar-refractivity contribution in [3.63, 3.8) is 0 Å². The van der Waals surface area contributed by atoms with E-state index >= 15 is 0 Å². The Morgan fingerprint density at radius 2 is 2.17 bits per heavy atom. The van der Waals surface area contributed by atoms with Gasteiger partial charge in [0.15, 0.2) is 0 Å². The van der Waals surface area contributed by atoms with Gasteiger partial charge in [0.05, 0.1) is 19.4 Å². The molecule has 0 aromatic heterocycles. The third kappa shape index (κ3) is 2.44. The maximum atomic E-state index is 9.33. The first-order valence-corrected chi connectivity index (χ1v) is 6.33. The van der Waals surface area contributed by atoms with Crippen molar-refractivity contribution in [2.75, 3.05) is 31.7 Å². The average molecular weight is 250 g/mol. The van der Waals surface area contributed by atoms with E-state index in [1.807, 2.05) is 18.2 Å². The fourth-order valence-corrected chi connectivity index (χ4v) is 2.42. The molecule has 0 saturated carbocycles. The maximum Gasteiger partial charge on any atom is 0.142 e. The lowest BCUT2D eigenvalue weighted by Crippen LogP contribution is -2.63. The number of rotatable bonds is 3. The minimum atomic E-state index is 0.000301. The number of hydrogen-bond donors (Lipinski definition) is 2. The van der Waals surface area contributed by atoms with Crippen molar-refractivity contribution in [2.45, 2.75) is 25.4 Å². The molecule has 1 saturated heterocycles. The number of ether oxygens (including phenoxy) is 1. The van der Waals surface area contributed by atoms with Gasteiger partial charge in [-0.25, -0.2) is 0 Å². The molecule has 4 heteroatoms. The molecule has 0 spiro atoms. The number of para-hydroxylation sites is 2. The van der Waals surface area contributed by atoms with Gasteiger partial charge >= 0.3 is 0 Å². The maximum absolute atomic E-state index is 9.33. The number of aliphatic hydroxyl groups excluding tert-OH is 1. The molecule has 0 aliphatic carbocycles. The first kappa shape index (κ1) is 13.2. The van der Waals surface area contributed by atoms with Crippen molar-refractivity contribution < 1.29 is 9.84 Å². The lowest BCUT2D eigenvalue weighted by Gasteiger charge is -2.47. The van der Waals surface area contributed by atoms with Gasteiger partial charge in [0, 0.05) is 24.7 Å². The van der Waals surface area contributed by atoms with E-state index in [1.165, 1.54) is 0 Å². The van der Waals surface area contributed by atoms with Gasteiger partial charge in [-0.15, -0.1) is 0 Å². The third-order valence-corrected chi connectivity index (χ3v) is 3.55. The van der Waals surface area contributed by atoms with E-state index in [9.17, 15) is 5.11 Å².